The molecule has 0 amide bonds. The van der Waals surface area contributed by atoms with E-state index in [1.54, 1.807) is 13.3 Å². The molecule has 0 aliphatic carbocycles. The van der Waals surface area contributed by atoms with Crippen LogP contribution in [0.3, 0.4) is 0 Å². The van der Waals surface area contributed by atoms with Crippen molar-refractivity contribution in [2.75, 3.05) is 30.9 Å². The Morgan fingerprint density at radius 2 is 2.15 bits per heavy atom. The fraction of sp³-hybridized carbons (Fsp3) is 0.471. The number of hydrogen-bond acceptors (Lipinski definition) is 8. The molecule has 4 N–H and O–H groups in total. The summed E-state index contributed by atoms with van der Waals surface area (Å²) in [5.41, 5.74) is 9.07. The van der Waals surface area contributed by atoms with Gasteiger partial charge in [0.05, 0.1) is 32.1 Å². The smallest absolute Gasteiger partial charge is 0.223 e. The molecular formula is C17H22ClN5O3. The number of nitrogens with zero attached hydrogens (tertiary/aromatic N) is 4. The average molecular weight is 380 g/mol. The van der Waals surface area contributed by atoms with Crippen LogP contribution in [-0.4, -0.2) is 51.5 Å². The molecule has 0 saturated heterocycles. The summed E-state index contributed by atoms with van der Waals surface area (Å²) in [5, 5.41) is 19.8. The number of fused-ring (bicyclic) bond motifs is 1. The average Bonchev–Trinajstić information content (AvgIpc) is 2.96. The van der Waals surface area contributed by atoms with Gasteiger partial charge in [-0.15, -0.1) is 0 Å². The minimum atomic E-state index is -0.968. The quantitative estimate of drug-likeness (QED) is 0.663. The summed E-state index contributed by atoms with van der Waals surface area (Å²) in [6.45, 7) is 4.37. The second kappa shape index (κ2) is 7.22. The van der Waals surface area contributed by atoms with Crippen LogP contribution in [0.15, 0.2) is 6.20 Å². The Labute approximate surface area is 156 Å². The lowest BCUT2D eigenvalue weighted by atomic mass is 9.98. The number of halogens is 1. The van der Waals surface area contributed by atoms with Crippen molar-refractivity contribution < 1.29 is 14.9 Å². The van der Waals surface area contributed by atoms with Gasteiger partial charge in [-0.05, 0) is 13.8 Å². The third-order valence-corrected chi connectivity index (χ3v) is 5.01. The maximum absolute atomic E-state index is 10.2. The van der Waals surface area contributed by atoms with E-state index < -0.39 is 12.0 Å². The van der Waals surface area contributed by atoms with Gasteiger partial charge in [0, 0.05) is 35.3 Å². The molecule has 0 fully saturated rings. The summed E-state index contributed by atoms with van der Waals surface area (Å²) in [6, 6.07) is 0. The van der Waals surface area contributed by atoms with E-state index in [-0.39, 0.29) is 17.7 Å². The first-order chi connectivity index (χ1) is 12.4. The molecular weight excluding hydrogens is 358 g/mol. The number of aliphatic hydroxyl groups is 2. The zero-order valence-electron chi connectivity index (χ0n) is 14.9. The Balaban J connectivity index is 2.01. The Morgan fingerprint density at radius 1 is 1.42 bits per heavy atom. The Bertz CT molecular complexity index is 833. The van der Waals surface area contributed by atoms with Crippen molar-refractivity contribution in [1.29, 1.82) is 0 Å². The van der Waals surface area contributed by atoms with Crippen molar-refractivity contribution in [3.05, 3.63) is 33.7 Å². The van der Waals surface area contributed by atoms with Crippen LogP contribution in [0, 0.1) is 13.8 Å². The lowest BCUT2D eigenvalue weighted by Crippen LogP contribution is -2.29. The maximum atomic E-state index is 10.2. The molecule has 2 atom stereocenters. The molecule has 3 rings (SSSR count). The molecule has 8 nitrogen and oxygen atoms in total. The number of ether oxygens (including phenoxy) is 1. The van der Waals surface area contributed by atoms with Gasteiger partial charge in [-0.1, -0.05) is 11.6 Å². The molecule has 1 unspecified atom stereocenters. The van der Waals surface area contributed by atoms with E-state index in [0.29, 0.717) is 24.5 Å². The number of hydrogen-bond donors (Lipinski definition) is 3. The van der Waals surface area contributed by atoms with E-state index in [1.165, 1.54) is 0 Å². The molecule has 26 heavy (non-hydrogen) atoms. The summed E-state index contributed by atoms with van der Waals surface area (Å²) in [7, 11) is 1.63. The number of anilines is 2. The monoisotopic (exact) mass is 379 g/mol. The van der Waals surface area contributed by atoms with Crippen LogP contribution >= 0.6 is 11.6 Å². The summed E-state index contributed by atoms with van der Waals surface area (Å²) < 4.78 is 5.47. The van der Waals surface area contributed by atoms with E-state index in [4.69, 9.17) is 22.1 Å². The fourth-order valence-electron chi connectivity index (χ4n) is 3.41. The van der Waals surface area contributed by atoms with E-state index in [9.17, 15) is 10.2 Å². The molecule has 9 heteroatoms. The molecule has 0 bridgehead atoms. The largest absolute Gasteiger partial charge is 0.496 e. The van der Waals surface area contributed by atoms with Crippen LogP contribution in [0.25, 0.3) is 0 Å². The van der Waals surface area contributed by atoms with Crippen molar-refractivity contribution in [1.82, 2.24) is 15.0 Å². The molecule has 0 saturated carbocycles. The maximum Gasteiger partial charge on any atom is 0.223 e. The van der Waals surface area contributed by atoms with Crippen LogP contribution in [0.4, 0.5) is 11.8 Å². The number of aromatic nitrogens is 3. The minimum absolute atomic E-state index is 0.0593. The van der Waals surface area contributed by atoms with Gasteiger partial charge in [0.15, 0.2) is 0 Å². The normalized spacial score (nSPS) is 17.3. The molecule has 2 aromatic rings. The van der Waals surface area contributed by atoms with Crippen LogP contribution in [0.2, 0.25) is 5.15 Å². The number of nitrogens with two attached hydrogens (primary N) is 1. The first-order valence-corrected chi connectivity index (χ1v) is 8.61. The number of aryl methyl sites for hydroxylation is 1. The van der Waals surface area contributed by atoms with Crippen molar-refractivity contribution in [3.8, 4) is 5.75 Å². The van der Waals surface area contributed by atoms with E-state index in [2.05, 4.69) is 15.0 Å². The predicted molar refractivity (Wildman–Crippen MR) is 98.6 cm³/mol. The third kappa shape index (κ3) is 3.15. The van der Waals surface area contributed by atoms with Crippen molar-refractivity contribution in [2.45, 2.75) is 32.4 Å². The van der Waals surface area contributed by atoms with Gasteiger partial charge in [0.25, 0.3) is 0 Å². The number of rotatable bonds is 5. The predicted octanol–water partition coefficient (Wildman–Crippen LogP) is 1.19. The lowest BCUT2D eigenvalue weighted by Gasteiger charge is -2.21. The number of aliphatic hydroxyl groups excluding tert-OH is 2. The van der Waals surface area contributed by atoms with Gasteiger partial charge in [0.2, 0.25) is 5.95 Å². The van der Waals surface area contributed by atoms with Crippen LogP contribution < -0.4 is 15.4 Å². The van der Waals surface area contributed by atoms with Gasteiger partial charge in [-0.2, -0.15) is 4.98 Å². The molecule has 0 aromatic carbocycles. The topological polar surface area (TPSA) is 118 Å². The number of nitrogen functional groups attached to an aromatic ring is 1. The third-order valence-electron chi connectivity index (χ3n) is 4.73. The second-order valence-electron chi connectivity index (χ2n) is 6.39. The number of pyridine rings is 1. The first kappa shape index (κ1) is 18.6. The second-order valence-corrected chi connectivity index (χ2v) is 6.75. The van der Waals surface area contributed by atoms with E-state index >= 15 is 0 Å². The molecule has 2 aromatic heterocycles. The van der Waals surface area contributed by atoms with Crippen LogP contribution in [0.1, 0.15) is 28.3 Å². The first-order valence-electron chi connectivity index (χ1n) is 8.23. The SMILES string of the molecule is COc1c(C)cnc(CN2CC([C@H](O)CO)c3c(Cl)nc(N)nc32)c1C. The molecule has 0 spiro atoms. The molecule has 0 radical (unpaired) electrons. The van der Waals surface area contributed by atoms with Crippen LogP contribution in [-0.2, 0) is 6.54 Å². The Morgan fingerprint density at radius 3 is 2.81 bits per heavy atom. The van der Waals surface area contributed by atoms with Crippen molar-refractivity contribution >= 4 is 23.4 Å². The van der Waals surface area contributed by atoms with Crippen molar-refractivity contribution in [3.63, 3.8) is 0 Å². The van der Waals surface area contributed by atoms with Gasteiger partial charge in [0.1, 0.15) is 16.7 Å². The molecule has 1 aliphatic heterocycles. The fourth-order valence-corrected chi connectivity index (χ4v) is 3.73. The molecule has 140 valence electrons. The highest BCUT2D eigenvalue weighted by Crippen LogP contribution is 2.41. The highest BCUT2D eigenvalue weighted by Gasteiger charge is 2.37. The molecule has 1 aliphatic rings. The zero-order chi connectivity index (χ0) is 19.0. The van der Waals surface area contributed by atoms with E-state index in [1.807, 2.05) is 18.7 Å². The highest BCUT2D eigenvalue weighted by atomic mass is 35.5. The Kier molecular flexibility index (Phi) is 5.17. The summed E-state index contributed by atoms with van der Waals surface area (Å²) in [5.74, 6) is 1.00. The van der Waals surface area contributed by atoms with Crippen LogP contribution in [0.5, 0.6) is 5.75 Å². The van der Waals surface area contributed by atoms with Gasteiger partial charge in [-0.25, -0.2) is 4.98 Å². The molecule has 3 heterocycles. The van der Waals surface area contributed by atoms with Crippen molar-refractivity contribution in [2.24, 2.45) is 0 Å². The standard InChI is InChI=1S/C17H22ClN5O3/c1-8-4-20-11(9(2)14(8)26-3)6-23-5-10(12(25)7-24)13-15(18)21-17(19)22-16(13)23/h4,10,12,24-25H,5-7H2,1-3H3,(H2,19,21,22)/t10?,12-/m1/s1. The number of methoxy groups -OCH3 is 1. The highest BCUT2D eigenvalue weighted by molar-refractivity contribution is 6.30. The Hall–Kier alpha value is -2.16. The van der Waals surface area contributed by atoms with Gasteiger partial charge in [-0.3, -0.25) is 4.98 Å². The van der Waals surface area contributed by atoms with Gasteiger partial charge >= 0.3 is 0 Å². The van der Waals surface area contributed by atoms with E-state index in [0.717, 1.165) is 22.6 Å². The zero-order valence-corrected chi connectivity index (χ0v) is 15.7. The van der Waals surface area contributed by atoms with Gasteiger partial charge < -0.3 is 25.6 Å². The lowest BCUT2D eigenvalue weighted by molar-refractivity contribution is 0.0762. The minimum Gasteiger partial charge on any atom is -0.496 e. The summed E-state index contributed by atoms with van der Waals surface area (Å²) >= 11 is 6.25. The summed E-state index contributed by atoms with van der Waals surface area (Å²) in [4.78, 5) is 14.7. The summed E-state index contributed by atoms with van der Waals surface area (Å²) in [6.07, 6.45) is 0.796.